The van der Waals surface area contributed by atoms with E-state index in [1.165, 1.54) is 7.11 Å². The molecule has 8 heteroatoms. The topological polar surface area (TPSA) is 73.9 Å². The molecular weight excluding hydrogens is 405 g/mol. The Bertz CT molecular complexity index is 902. The van der Waals surface area contributed by atoms with E-state index in [1.807, 2.05) is 0 Å². The van der Waals surface area contributed by atoms with E-state index < -0.39 is 24.1 Å². The van der Waals surface area contributed by atoms with Gasteiger partial charge in [-0.2, -0.15) is 0 Å². The van der Waals surface area contributed by atoms with E-state index in [0.717, 1.165) is 0 Å². The fourth-order valence-electron chi connectivity index (χ4n) is 3.02. The van der Waals surface area contributed by atoms with Crippen molar-refractivity contribution in [2.24, 2.45) is 0 Å². The molecule has 1 aliphatic heterocycles. The molecule has 148 valence electrons. The third kappa shape index (κ3) is 4.24. The molecule has 2 atom stereocenters. The molecule has 2 aromatic carbocycles. The lowest BCUT2D eigenvalue weighted by Crippen LogP contribution is -2.32. The second-order valence-corrected chi connectivity index (χ2v) is 6.91. The molecule has 28 heavy (non-hydrogen) atoms. The Morgan fingerprint density at radius 2 is 2.00 bits per heavy atom. The number of amides is 1. The highest BCUT2D eigenvalue weighted by Crippen LogP contribution is 2.42. The van der Waals surface area contributed by atoms with Crippen molar-refractivity contribution in [1.82, 2.24) is 0 Å². The Morgan fingerprint density at radius 3 is 2.71 bits per heavy atom. The number of ether oxygens (including phenoxy) is 3. The van der Waals surface area contributed by atoms with Crippen LogP contribution in [0.1, 0.15) is 30.6 Å². The molecule has 0 saturated carbocycles. The van der Waals surface area contributed by atoms with Gasteiger partial charge < -0.3 is 19.5 Å². The predicted molar refractivity (Wildman–Crippen MR) is 106 cm³/mol. The summed E-state index contributed by atoms with van der Waals surface area (Å²) in [6.45, 7) is 1.91. The molecule has 0 unspecified atom stereocenters. The summed E-state index contributed by atoms with van der Waals surface area (Å²) in [7, 11) is 1.51. The highest BCUT2D eigenvalue weighted by Gasteiger charge is 2.34. The number of halogens is 2. The second kappa shape index (κ2) is 8.82. The number of fused-ring (bicyclic) bond motifs is 1. The highest BCUT2D eigenvalue weighted by atomic mass is 35.5. The highest BCUT2D eigenvalue weighted by molar-refractivity contribution is 6.33. The van der Waals surface area contributed by atoms with Crippen molar-refractivity contribution in [2.45, 2.75) is 25.6 Å². The minimum atomic E-state index is -1.06. The number of nitrogens with one attached hydrogen (secondary N) is 1. The molecule has 1 aliphatic rings. The third-order valence-corrected chi connectivity index (χ3v) is 4.94. The standard InChI is InChI=1S/C20H19Cl2NO5/c1-3-27-17(24)10-16-20(25)23-14-8-7-11(21)9-13(14)19(28-16)12-5-4-6-15(26-2)18(12)22/h4-9,16,19H,3,10H2,1-2H3,(H,23,25)/t16-,19-/m0/s1. The Morgan fingerprint density at radius 1 is 1.21 bits per heavy atom. The van der Waals surface area contributed by atoms with Gasteiger partial charge in [-0.3, -0.25) is 9.59 Å². The van der Waals surface area contributed by atoms with Gasteiger partial charge in [0.2, 0.25) is 0 Å². The van der Waals surface area contributed by atoms with E-state index in [9.17, 15) is 9.59 Å². The summed E-state index contributed by atoms with van der Waals surface area (Å²) in [5.41, 5.74) is 1.75. The molecule has 1 amide bonds. The number of hydrogen-bond donors (Lipinski definition) is 1. The van der Waals surface area contributed by atoms with Crippen LogP contribution in [0.15, 0.2) is 36.4 Å². The lowest BCUT2D eigenvalue weighted by molar-refractivity contribution is -0.150. The summed E-state index contributed by atoms with van der Waals surface area (Å²) in [5, 5.41) is 3.62. The SMILES string of the molecule is CCOC(=O)C[C@@H]1O[C@@H](c2cccc(OC)c2Cl)c2cc(Cl)ccc2NC1=O. The van der Waals surface area contributed by atoms with Gasteiger partial charge in [-0.25, -0.2) is 0 Å². The quantitative estimate of drug-likeness (QED) is 0.722. The van der Waals surface area contributed by atoms with Crippen molar-refractivity contribution in [2.75, 3.05) is 19.0 Å². The minimum Gasteiger partial charge on any atom is -0.495 e. The van der Waals surface area contributed by atoms with E-state index in [1.54, 1.807) is 43.3 Å². The maximum absolute atomic E-state index is 12.7. The van der Waals surface area contributed by atoms with E-state index in [4.69, 9.17) is 37.4 Å². The molecule has 0 bridgehead atoms. The van der Waals surface area contributed by atoms with Crippen LogP contribution in [0.2, 0.25) is 10.0 Å². The first-order valence-electron chi connectivity index (χ1n) is 8.68. The number of esters is 1. The smallest absolute Gasteiger partial charge is 0.308 e. The van der Waals surface area contributed by atoms with Crippen LogP contribution in [0, 0.1) is 0 Å². The van der Waals surface area contributed by atoms with Gasteiger partial charge in [0.15, 0.2) is 0 Å². The fourth-order valence-corrected chi connectivity index (χ4v) is 3.50. The zero-order valence-electron chi connectivity index (χ0n) is 15.3. The number of hydrogen-bond acceptors (Lipinski definition) is 5. The number of anilines is 1. The van der Waals surface area contributed by atoms with Crippen LogP contribution in [0.5, 0.6) is 5.75 Å². The zero-order valence-corrected chi connectivity index (χ0v) is 16.8. The summed E-state index contributed by atoms with van der Waals surface area (Å²) in [6, 6.07) is 10.3. The summed E-state index contributed by atoms with van der Waals surface area (Å²) < 4.78 is 16.3. The number of rotatable bonds is 5. The molecule has 0 fully saturated rings. The molecule has 2 aromatic rings. The predicted octanol–water partition coefficient (Wildman–Crippen LogP) is 4.38. The normalized spacial score (nSPS) is 18.6. The zero-order chi connectivity index (χ0) is 20.3. The summed E-state index contributed by atoms with van der Waals surface area (Å²) in [4.78, 5) is 24.6. The second-order valence-electron chi connectivity index (χ2n) is 6.10. The molecule has 3 rings (SSSR count). The van der Waals surface area contributed by atoms with Gasteiger partial charge in [-0.05, 0) is 31.2 Å². The fraction of sp³-hybridized carbons (Fsp3) is 0.300. The summed E-state index contributed by atoms with van der Waals surface area (Å²) in [6.07, 6.45) is -2.02. The van der Waals surface area contributed by atoms with Crippen molar-refractivity contribution in [3.63, 3.8) is 0 Å². The van der Waals surface area contributed by atoms with Crippen LogP contribution in [-0.2, 0) is 19.1 Å². The lowest BCUT2D eigenvalue weighted by atomic mass is 9.99. The van der Waals surface area contributed by atoms with Crippen molar-refractivity contribution in [3.8, 4) is 5.75 Å². The third-order valence-electron chi connectivity index (χ3n) is 4.30. The maximum atomic E-state index is 12.7. The van der Waals surface area contributed by atoms with E-state index >= 15 is 0 Å². The van der Waals surface area contributed by atoms with Gasteiger partial charge >= 0.3 is 5.97 Å². The van der Waals surface area contributed by atoms with E-state index in [2.05, 4.69) is 5.32 Å². The minimum absolute atomic E-state index is 0.216. The molecule has 0 aliphatic carbocycles. The first kappa shape index (κ1) is 20.5. The summed E-state index contributed by atoms with van der Waals surface area (Å²) in [5.74, 6) is -0.503. The molecule has 0 radical (unpaired) electrons. The molecular formula is C20H19Cl2NO5. The van der Waals surface area contributed by atoms with Crippen LogP contribution in [0.3, 0.4) is 0 Å². The monoisotopic (exact) mass is 423 g/mol. The van der Waals surface area contributed by atoms with Crippen LogP contribution in [0.25, 0.3) is 0 Å². The molecule has 1 heterocycles. The molecule has 6 nitrogen and oxygen atoms in total. The van der Waals surface area contributed by atoms with E-state index in [-0.39, 0.29) is 13.0 Å². The number of benzene rings is 2. The van der Waals surface area contributed by atoms with Crippen molar-refractivity contribution in [3.05, 3.63) is 57.6 Å². The van der Waals surface area contributed by atoms with Gasteiger partial charge in [-0.15, -0.1) is 0 Å². The average Bonchev–Trinajstić information content (AvgIpc) is 2.79. The Labute approximate surface area is 172 Å². The molecule has 0 aromatic heterocycles. The van der Waals surface area contributed by atoms with E-state index in [0.29, 0.717) is 32.6 Å². The van der Waals surface area contributed by atoms with Crippen molar-refractivity contribution >= 4 is 40.8 Å². The average molecular weight is 424 g/mol. The summed E-state index contributed by atoms with van der Waals surface area (Å²) >= 11 is 12.7. The van der Waals surface area contributed by atoms with Crippen LogP contribution < -0.4 is 10.1 Å². The number of carbonyl (C=O) groups excluding carboxylic acids is 2. The molecule has 1 N–H and O–H groups in total. The Hall–Kier alpha value is -2.28. The largest absolute Gasteiger partial charge is 0.495 e. The maximum Gasteiger partial charge on any atom is 0.308 e. The lowest BCUT2D eigenvalue weighted by Gasteiger charge is -2.23. The van der Waals surface area contributed by atoms with Gasteiger partial charge in [-0.1, -0.05) is 35.3 Å². The van der Waals surface area contributed by atoms with Gasteiger partial charge in [0.25, 0.3) is 5.91 Å². The van der Waals surface area contributed by atoms with Crippen molar-refractivity contribution in [1.29, 1.82) is 0 Å². The van der Waals surface area contributed by atoms with Crippen LogP contribution in [-0.4, -0.2) is 31.7 Å². The Balaban J connectivity index is 2.08. The molecule has 0 spiro atoms. The van der Waals surface area contributed by atoms with Gasteiger partial charge in [0, 0.05) is 21.8 Å². The first-order valence-corrected chi connectivity index (χ1v) is 9.44. The number of methoxy groups -OCH3 is 1. The number of carbonyl (C=O) groups is 2. The van der Waals surface area contributed by atoms with Crippen molar-refractivity contribution < 1.29 is 23.8 Å². The first-order chi connectivity index (χ1) is 13.4. The van der Waals surface area contributed by atoms with Gasteiger partial charge in [0.05, 0.1) is 25.2 Å². The Kier molecular flexibility index (Phi) is 6.44. The van der Waals surface area contributed by atoms with Crippen LogP contribution in [0.4, 0.5) is 5.69 Å². The van der Waals surface area contributed by atoms with Crippen LogP contribution >= 0.6 is 23.2 Å². The molecule has 0 saturated heterocycles. The van der Waals surface area contributed by atoms with Gasteiger partial charge in [0.1, 0.15) is 18.0 Å².